The van der Waals surface area contributed by atoms with E-state index in [0.29, 0.717) is 17.0 Å². The maximum Gasteiger partial charge on any atom is 0.247 e. The number of halogens is 2. The van der Waals surface area contributed by atoms with Gasteiger partial charge in [0.05, 0.1) is 11.8 Å². The van der Waals surface area contributed by atoms with E-state index < -0.39 is 45.5 Å². The Morgan fingerprint density at radius 1 is 1.14 bits per heavy atom. The van der Waals surface area contributed by atoms with Gasteiger partial charge in [-0.05, 0) is 111 Å². The smallest absolute Gasteiger partial charge is 0.247 e. The third kappa shape index (κ3) is 6.19. The molecule has 2 unspecified atom stereocenters. The molecule has 4 N–H and O–H groups in total. The van der Waals surface area contributed by atoms with Crippen molar-refractivity contribution in [3.05, 3.63) is 100 Å². The van der Waals surface area contributed by atoms with E-state index in [1.54, 1.807) is 36.7 Å². The van der Waals surface area contributed by atoms with Crippen LogP contribution in [0.1, 0.15) is 57.6 Å². The summed E-state index contributed by atoms with van der Waals surface area (Å²) in [5.41, 5.74) is 2.54. The van der Waals surface area contributed by atoms with Crippen LogP contribution >= 0.6 is 11.6 Å². The Morgan fingerprint density at radius 2 is 1.86 bits per heavy atom. The molecule has 232 valence electrons. The number of fused-ring (bicyclic) bond motifs is 4. The molecule has 1 aromatic heterocycles. The van der Waals surface area contributed by atoms with E-state index in [9.17, 15) is 14.5 Å². The summed E-state index contributed by atoms with van der Waals surface area (Å²) < 4.78 is 32.0. The average molecular weight is 638 g/mol. The van der Waals surface area contributed by atoms with Crippen LogP contribution in [0.3, 0.4) is 0 Å². The average Bonchev–Trinajstić information content (AvgIpc) is 3.66. The van der Waals surface area contributed by atoms with Gasteiger partial charge in [0.1, 0.15) is 28.0 Å². The summed E-state index contributed by atoms with van der Waals surface area (Å²) in [7, 11) is 0. The number of amides is 1. The fourth-order valence-corrected chi connectivity index (χ4v) is 7.24. The highest BCUT2D eigenvalue weighted by Crippen LogP contribution is 2.49. The van der Waals surface area contributed by atoms with Crippen molar-refractivity contribution >= 4 is 40.2 Å². The number of carbonyl (C=O) groups is 1. The van der Waals surface area contributed by atoms with Crippen LogP contribution in [0.15, 0.2) is 78.4 Å². The quantitative estimate of drug-likeness (QED) is 0.266. The molecule has 8 nitrogen and oxygen atoms in total. The summed E-state index contributed by atoms with van der Waals surface area (Å²) in [6.45, 7) is 5.98. The van der Waals surface area contributed by atoms with Crippen molar-refractivity contribution in [1.29, 1.82) is 0 Å². The molecule has 2 fully saturated rings. The Kier molecular flexibility index (Phi) is 8.40. The molecule has 0 radical (unpaired) electrons. The molecule has 5 atom stereocenters. The van der Waals surface area contributed by atoms with Crippen LogP contribution in [0.25, 0.3) is 0 Å². The van der Waals surface area contributed by atoms with Gasteiger partial charge in [-0.3, -0.25) is 9.78 Å². The zero-order chi connectivity index (χ0) is 31.2. The molecule has 3 aromatic rings. The molecular weight excluding hydrogens is 601 g/mol. The van der Waals surface area contributed by atoms with E-state index in [1.807, 2.05) is 49.9 Å². The number of nitrogens with zero attached hydrogens (tertiary/aromatic N) is 2. The molecule has 3 aliphatic rings. The zero-order valence-electron chi connectivity index (χ0n) is 24.9. The summed E-state index contributed by atoms with van der Waals surface area (Å²) in [6.07, 6.45) is 4.97. The van der Waals surface area contributed by atoms with Crippen molar-refractivity contribution in [3.63, 3.8) is 0 Å². The fourth-order valence-electron chi connectivity index (χ4n) is 6.15. The summed E-state index contributed by atoms with van der Waals surface area (Å²) >= 11 is 4.65. The molecule has 1 saturated carbocycles. The molecule has 2 aromatic carbocycles. The number of allylic oxidation sites excluding steroid dienone is 1. The fraction of sp³-hybridized carbons (Fsp3) is 0.394. The monoisotopic (exact) mass is 637 g/mol. The maximum absolute atomic E-state index is 15.4. The van der Waals surface area contributed by atoms with Gasteiger partial charge in [0.15, 0.2) is 0 Å². The molecule has 11 heteroatoms. The SMILES string of the molecule is CC(C)(C)[S@@+]([O-])NC1(c2ccncc2)CCC2C/C2=C(/Nc2ccc(Cl)cc2)N2C[C@H](O)C[C@@H]2C(=O)Nc2cc1ccc2F. The summed E-state index contributed by atoms with van der Waals surface area (Å²) in [5, 5.41) is 17.7. The van der Waals surface area contributed by atoms with E-state index in [0.717, 1.165) is 35.5 Å². The first-order valence-electron chi connectivity index (χ1n) is 14.9. The minimum absolute atomic E-state index is 0.0277. The number of hydrogen-bond donors (Lipinski definition) is 4. The van der Waals surface area contributed by atoms with Gasteiger partial charge >= 0.3 is 0 Å². The van der Waals surface area contributed by atoms with Crippen LogP contribution in [0.5, 0.6) is 0 Å². The Labute approximate surface area is 265 Å². The normalized spacial score (nSPS) is 27.7. The number of hydrogen-bond acceptors (Lipinski definition) is 7. The van der Waals surface area contributed by atoms with Crippen molar-refractivity contribution < 1.29 is 18.8 Å². The molecule has 44 heavy (non-hydrogen) atoms. The molecule has 1 aliphatic carbocycles. The molecule has 1 saturated heterocycles. The van der Waals surface area contributed by atoms with Crippen molar-refractivity contribution in [2.75, 3.05) is 17.2 Å². The van der Waals surface area contributed by atoms with Gasteiger partial charge in [-0.2, -0.15) is 0 Å². The second-order valence-electron chi connectivity index (χ2n) is 12.8. The number of aliphatic hydroxyl groups is 1. The van der Waals surface area contributed by atoms with Crippen LogP contribution in [0.4, 0.5) is 15.8 Å². The van der Waals surface area contributed by atoms with E-state index in [1.165, 1.54) is 6.07 Å². The molecule has 6 rings (SSSR count). The number of benzene rings is 2. The lowest BCUT2D eigenvalue weighted by Gasteiger charge is -2.38. The molecule has 2 bridgehead atoms. The van der Waals surface area contributed by atoms with E-state index >= 15 is 4.39 Å². The van der Waals surface area contributed by atoms with Gasteiger partial charge in [0.2, 0.25) is 5.91 Å². The molecule has 3 heterocycles. The lowest BCUT2D eigenvalue weighted by Crippen LogP contribution is -2.52. The van der Waals surface area contributed by atoms with Gasteiger partial charge in [0, 0.05) is 47.4 Å². The predicted molar refractivity (Wildman–Crippen MR) is 172 cm³/mol. The highest BCUT2D eigenvalue weighted by atomic mass is 35.5. The van der Waals surface area contributed by atoms with Crippen LogP contribution in [-0.2, 0) is 21.7 Å². The Bertz CT molecular complexity index is 1570. The van der Waals surface area contributed by atoms with Crippen molar-refractivity contribution in [2.24, 2.45) is 5.92 Å². The Morgan fingerprint density at radius 3 is 2.57 bits per heavy atom. The number of pyridine rings is 1. The molecule has 2 aliphatic heterocycles. The minimum atomic E-state index is -1.49. The minimum Gasteiger partial charge on any atom is -0.598 e. The van der Waals surface area contributed by atoms with Crippen LogP contribution in [-0.4, -0.2) is 48.9 Å². The van der Waals surface area contributed by atoms with Crippen LogP contribution < -0.4 is 15.4 Å². The number of carbonyl (C=O) groups excluding carboxylic acids is 1. The largest absolute Gasteiger partial charge is 0.598 e. The Hall–Kier alpha value is -3.15. The highest BCUT2D eigenvalue weighted by Gasteiger charge is 2.47. The maximum atomic E-state index is 15.4. The van der Waals surface area contributed by atoms with E-state index in [-0.39, 0.29) is 24.6 Å². The third-order valence-corrected chi connectivity index (χ3v) is 10.6. The van der Waals surface area contributed by atoms with Crippen molar-refractivity contribution in [1.82, 2.24) is 14.6 Å². The van der Waals surface area contributed by atoms with Crippen LogP contribution in [0.2, 0.25) is 5.02 Å². The number of aliphatic hydroxyl groups excluding tert-OH is 1. The number of rotatable bonds is 5. The molecule has 0 spiro atoms. The van der Waals surface area contributed by atoms with E-state index in [2.05, 4.69) is 20.3 Å². The van der Waals surface area contributed by atoms with Crippen molar-refractivity contribution in [3.8, 4) is 0 Å². The number of anilines is 2. The van der Waals surface area contributed by atoms with Gasteiger partial charge in [-0.15, -0.1) is 4.72 Å². The number of aromatic nitrogens is 1. The second kappa shape index (κ2) is 12.0. The highest BCUT2D eigenvalue weighted by molar-refractivity contribution is 7.90. The lowest BCUT2D eigenvalue weighted by molar-refractivity contribution is -0.119. The number of nitrogens with one attached hydrogen (secondary N) is 3. The lowest BCUT2D eigenvalue weighted by atomic mass is 9.79. The third-order valence-electron chi connectivity index (χ3n) is 8.66. The van der Waals surface area contributed by atoms with Crippen molar-refractivity contribution in [2.45, 2.75) is 68.9 Å². The summed E-state index contributed by atoms with van der Waals surface area (Å²) in [5.74, 6) is -0.0339. The van der Waals surface area contributed by atoms with Gasteiger partial charge < -0.3 is 25.2 Å². The summed E-state index contributed by atoms with van der Waals surface area (Å²) in [4.78, 5) is 20.0. The molecular formula is C33H37ClFN5O3S. The van der Waals surface area contributed by atoms with Gasteiger partial charge in [0.25, 0.3) is 0 Å². The second-order valence-corrected chi connectivity index (χ2v) is 15.2. The van der Waals surface area contributed by atoms with Gasteiger partial charge in [-0.1, -0.05) is 17.7 Å². The first-order valence-corrected chi connectivity index (χ1v) is 16.4. The van der Waals surface area contributed by atoms with Gasteiger partial charge in [-0.25, -0.2) is 4.39 Å². The van der Waals surface area contributed by atoms with E-state index in [4.69, 9.17) is 11.6 Å². The predicted octanol–water partition coefficient (Wildman–Crippen LogP) is 5.68. The molecule has 1 amide bonds. The first kappa shape index (κ1) is 30.9. The standard InChI is InChI=1S/C33H37ClFN5O3S/c1-32(2,3)44(43)39-33(21-11-14-36-15-12-21)13-10-20-16-26(20)30(37-24-7-5-23(34)6-8-24)40-19-25(41)18-29(40)31(42)38-28-17-22(33)4-9-27(28)35/h4-9,11-12,14-15,17,20,25,29,37,39,41H,10,13,16,18-19H2,1-3H3,(H,38,42)/b30-26+/t20?,25-,29-,33?,44-/m1/s1. The topological polar surface area (TPSA) is 113 Å². The zero-order valence-corrected chi connectivity index (χ0v) is 26.5. The Balaban J connectivity index is 1.49. The first-order chi connectivity index (χ1) is 20.9. The van der Waals surface area contributed by atoms with Crippen LogP contribution in [0, 0.1) is 11.7 Å². The summed E-state index contributed by atoms with van der Waals surface area (Å²) in [6, 6.07) is 15.1.